The van der Waals surface area contributed by atoms with Gasteiger partial charge in [0.05, 0.1) is 22.9 Å². The van der Waals surface area contributed by atoms with Gasteiger partial charge in [-0.1, -0.05) is 5.21 Å². The molecule has 0 saturated heterocycles. The fourth-order valence-corrected chi connectivity index (χ4v) is 2.34. The van der Waals surface area contributed by atoms with Crippen LogP contribution in [0.25, 0.3) is 11.0 Å². The van der Waals surface area contributed by atoms with Crippen LogP contribution in [-0.4, -0.2) is 38.2 Å². The van der Waals surface area contributed by atoms with Gasteiger partial charge in [0.1, 0.15) is 25.6 Å². The minimum atomic E-state index is 0.377. The third kappa shape index (κ3) is 2.19. The molecule has 0 atom stereocenters. The molecule has 0 amide bonds. The second-order valence-electron chi connectivity index (χ2n) is 4.81. The summed E-state index contributed by atoms with van der Waals surface area (Å²) in [4.78, 5) is 7.80. The van der Waals surface area contributed by atoms with Crippen molar-refractivity contribution in [1.29, 1.82) is 0 Å². The highest BCUT2D eigenvalue weighted by atomic mass is 16.6. The van der Waals surface area contributed by atoms with Crippen LogP contribution in [0.2, 0.25) is 0 Å². The van der Waals surface area contributed by atoms with E-state index in [2.05, 4.69) is 20.3 Å². The summed E-state index contributed by atoms with van der Waals surface area (Å²) in [5.41, 5.74) is 8.03. The molecule has 0 fully saturated rings. The smallest absolute Gasteiger partial charge is 0.163 e. The van der Waals surface area contributed by atoms with Crippen molar-refractivity contribution < 1.29 is 9.47 Å². The van der Waals surface area contributed by atoms with Gasteiger partial charge < -0.3 is 20.2 Å². The highest BCUT2D eigenvalue weighted by molar-refractivity contribution is 5.79. The second kappa shape index (κ2) is 4.74. The number of nitrogens with zero attached hydrogens (tertiary/aromatic N) is 4. The summed E-state index contributed by atoms with van der Waals surface area (Å²) in [5.74, 6) is 2.27. The Hall–Kier alpha value is -2.61. The number of fused-ring (bicyclic) bond motifs is 2. The lowest BCUT2D eigenvalue weighted by molar-refractivity contribution is 0.172. The van der Waals surface area contributed by atoms with Crippen LogP contribution in [-0.2, 0) is 13.1 Å². The minimum Gasteiger partial charge on any atom is -0.486 e. The van der Waals surface area contributed by atoms with Crippen LogP contribution in [0.4, 0.5) is 0 Å². The molecule has 0 radical (unpaired) electrons. The molecule has 1 aliphatic heterocycles. The van der Waals surface area contributed by atoms with E-state index < -0.39 is 0 Å². The Balaban J connectivity index is 1.66. The summed E-state index contributed by atoms with van der Waals surface area (Å²) >= 11 is 0. The molecule has 1 aromatic carbocycles. The summed E-state index contributed by atoms with van der Waals surface area (Å²) in [6.07, 6.45) is 1.81. The van der Waals surface area contributed by atoms with E-state index in [1.165, 1.54) is 0 Å². The zero-order chi connectivity index (χ0) is 14.2. The van der Waals surface area contributed by atoms with Crippen molar-refractivity contribution >= 4 is 11.0 Å². The molecule has 3 N–H and O–H groups in total. The Bertz CT molecular complexity index is 750. The summed E-state index contributed by atoms with van der Waals surface area (Å²) in [5, 5.41) is 7.96. The van der Waals surface area contributed by atoms with Gasteiger partial charge in [0.25, 0.3) is 0 Å². The number of ether oxygens (including phenoxy) is 2. The lowest BCUT2D eigenvalue weighted by Gasteiger charge is -2.17. The van der Waals surface area contributed by atoms with Crippen LogP contribution in [0.5, 0.6) is 11.5 Å². The third-order valence-corrected chi connectivity index (χ3v) is 3.30. The Labute approximate surface area is 119 Å². The number of nitrogens with one attached hydrogen (secondary N) is 1. The Morgan fingerprint density at radius 1 is 1.24 bits per heavy atom. The molecule has 3 aromatic rings. The predicted molar refractivity (Wildman–Crippen MR) is 74.1 cm³/mol. The fraction of sp³-hybridized carbons (Fsp3) is 0.308. The standard InChI is InChI=1S/C13H14N6O2/c14-5-8-6-19(18-17-8)7-13-15-9-3-11-12(4-10(9)16-13)21-2-1-20-11/h3-4,6H,1-2,5,7,14H2,(H,15,16). The first-order valence-corrected chi connectivity index (χ1v) is 6.69. The molecule has 3 heterocycles. The van der Waals surface area contributed by atoms with Crippen molar-refractivity contribution in [2.75, 3.05) is 13.2 Å². The van der Waals surface area contributed by atoms with E-state index in [9.17, 15) is 0 Å². The van der Waals surface area contributed by atoms with E-state index in [0.717, 1.165) is 34.1 Å². The number of aromatic amines is 1. The van der Waals surface area contributed by atoms with Crippen LogP contribution in [0.15, 0.2) is 18.3 Å². The summed E-state index contributed by atoms with van der Waals surface area (Å²) in [7, 11) is 0. The van der Waals surface area contributed by atoms with Gasteiger partial charge in [0.2, 0.25) is 0 Å². The first-order chi connectivity index (χ1) is 10.3. The van der Waals surface area contributed by atoms with Gasteiger partial charge in [0.15, 0.2) is 11.5 Å². The number of hydrogen-bond acceptors (Lipinski definition) is 6. The van der Waals surface area contributed by atoms with Crippen molar-refractivity contribution in [3.05, 3.63) is 29.8 Å². The predicted octanol–water partition coefficient (Wildman–Crippen LogP) is 0.433. The van der Waals surface area contributed by atoms with E-state index >= 15 is 0 Å². The first kappa shape index (κ1) is 12.2. The molecule has 1 aliphatic rings. The number of H-pyrrole nitrogens is 1. The number of aromatic nitrogens is 5. The molecule has 4 rings (SSSR count). The molecule has 0 spiro atoms. The summed E-state index contributed by atoms with van der Waals surface area (Å²) in [6.45, 7) is 2.02. The summed E-state index contributed by atoms with van der Waals surface area (Å²) in [6, 6.07) is 3.80. The average molecular weight is 286 g/mol. The van der Waals surface area contributed by atoms with Crippen molar-refractivity contribution in [2.45, 2.75) is 13.1 Å². The highest BCUT2D eigenvalue weighted by Gasteiger charge is 2.15. The lowest BCUT2D eigenvalue weighted by Crippen LogP contribution is -2.15. The topological polar surface area (TPSA) is 104 Å². The van der Waals surface area contributed by atoms with E-state index in [-0.39, 0.29) is 0 Å². The van der Waals surface area contributed by atoms with Gasteiger partial charge in [-0.15, -0.1) is 5.10 Å². The lowest BCUT2D eigenvalue weighted by atomic mass is 10.2. The second-order valence-corrected chi connectivity index (χ2v) is 4.81. The minimum absolute atomic E-state index is 0.377. The summed E-state index contributed by atoms with van der Waals surface area (Å²) < 4.78 is 12.8. The molecule has 21 heavy (non-hydrogen) atoms. The van der Waals surface area contributed by atoms with Crippen LogP contribution >= 0.6 is 0 Å². The monoisotopic (exact) mass is 286 g/mol. The zero-order valence-electron chi connectivity index (χ0n) is 11.2. The van der Waals surface area contributed by atoms with Gasteiger partial charge >= 0.3 is 0 Å². The number of benzene rings is 1. The van der Waals surface area contributed by atoms with E-state index in [4.69, 9.17) is 15.2 Å². The first-order valence-electron chi connectivity index (χ1n) is 6.69. The molecule has 0 saturated carbocycles. The molecule has 108 valence electrons. The van der Waals surface area contributed by atoms with Crippen molar-refractivity contribution in [1.82, 2.24) is 25.0 Å². The van der Waals surface area contributed by atoms with Crippen molar-refractivity contribution in [3.8, 4) is 11.5 Å². The molecule has 0 bridgehead atoms. The maximum atomic E-state index is 5.56. The van der Waals surface area contributed by atoms with Gasteiger partial charge in [-0.25, -0.2) is 9.67 Å². The molecule has 0 aliphatic carbocycles. The number of rotatable bonds is 3. The van der Waals surface area contributed by atoms with Crippen LogP contribution in [0.3, 0.4) is 0 Å². The van der Waals surface area contributed by atoms with Gasteiger partial charge in [-0.2, -0.15) is 0 Å². The molecular formula is C13H14N6O2. The van der Waals surface area contributed by atoms with Crippen LogP contribution in [0, 0.1) is 0 Å². The van der Waals surface area contributed by atoms with Gasteiger partial charge in [-0.3, -0.25) is 0 Å². The Morgan fingerprint density at radius 2 is 2.05 bits per heavy atom. The van der Waals surface area contributed by atoms with E-state index in [1.807, 2.05) is 18.3 Å². The average Bonchev–Trinajstić information content (AvgIpc) is 3.10. The fourth-order valence-electron chi connectivity index (χ4n) is 2.34. The van der Waals surface area contributed by atoms with Crippen LogP contribution < -0.4 is 15.2 Å². The largest absolute Gasteiger partial charge is 0.486 e. The third-order valence-electron chi connectivity index (χ3n) is 3.30. The molecule has 8 heteroatoms. The quantitative estimate of drug-likeness (QED) is 0.723. The molecule has 0 unspecified atom stereocenters. The van der Waals surface area contributed by atoms with Crippen molar-refractivity contribution in [2.24, 2.45) is 5.73 Å². The Kier molecular flexibility index (Phi) is 2.74. The van der Waals surface area contributed by atoms with E-state index in [0.29, 0.717) is 26.3 Å². The number of nitrogens with two attached hydrogens (primary N) is 1. The maximum Gasteiger partial charge on any atom is 0.163 e. The maximum absolute atomic E-state index is 5.56. The SMILES string of the molecule is NCc1cn(Cc2nc3cc4c(cc3[nH]2)OCCO4)nn1. The molecule has 2 aromatic heterocycles. The molecular weight excluding hydrogens is 272 g/mol. The highest BCUT2D eigenvalue weighted by Crippen LogP contribution is 2.33. The van der Waals surface area contributed by atoms with Crippen molar-refractivity contribution in [3.63, 3.8) is 0 Å². The Morgan fingerprint density at radius 3 is 2.81 bits per heavy atom. The number of hydrogen-bond donors (Lipinski definition) is 2. The zero-order valence-corrected chi connectivity index (χ0v) is 11.2. The van der Waals surface area contributed by atoms with Crippen LogP contribution in [0.1, 0.15) is 11.5 Å². The van der Waals surface area contributed by atoms with Gasteiger partial charge in [-0.05, 0) is 0 Å². The van der Waals surface area contributed by atoms with Gasteiger partial charge in [0, 0.05) is 18.7 Å². The number of imidazole rings is 1. The normalized spacial score (nSPS) is 13.8. The van der Waals surface area contributed by atoms with E-state index in [1.54, 1.807) is 4.68 Å². The molecule has 8 nitrogen and oxygen atoms in total.